The molecule has 1 aromatic heterocycles. The van der Waals surface area contributed by atoms with Gasteiger partial charge in [-0.05, 0) is 37.1 Å². The van der Waals surface area contributed by atoms with E-state index >= 15 is 0 Å². The highest BCUT2D eigenvalue weighted by Crippen LogP contribution is 2.37. The van der Waals surface area contributed by atoms with Crippen molar-refractivity contribution in [3.63, 3.8) is 0 Å². The Labute approximate surface area is 162 Å². The van der Waals surface area contributed by atoms with Crippen LogP contribution < -0.4 is 5.32 Å². The fourth-order valence-corrected chi connectivity index (χ4v) is 3.30. The van der Waals surface area contributed by atoms with Crippen molar-refractivity contribution in [2.24, 2.45) is 0 Å². The summed E-state index contributed by atoms with van der Waals surface area (Å²) >= 11 is 0. The van der Waals surface area contributed by atoms with Gasteiger partial charge in [0.05, 0.1) is 23.4 Å². The second-order valence-corrected chi connectivity index (χ2v) is 6.52. The van der Waals surface area contributed by atoms with Gasteiger partial charge in [0.1, 0.15) is 18.8 Å². The van der Waals surface area contributed by atoms with Crippen LogP contribution in [0.15, 0.2) is 60.9 Å². The van der Waals surface area contributed by atoms with Gasteiger partial charge in [-0.2, -0.15) is 5.26 Å². The average Bonchev–Trinajstić information content (AvgIpc) is 3.17. The summed E-state index contributed by atoms with van der Waals surface area (Å²) in [7, 11) is 0. The first kappa shape index (κ1) is 17.8. The highest BCUT2D eigenvalue weighted by molar-refractivity contribution is 5.97. The van der Waals surface area contributed by atoms with E-state index in [9.17, 15) is 4.79 Å². The van der Waals surface area contributed by atoms with Crippen LogP contribution in [0.2, 0.25) is 0 Å². The molecule has 1 N–H and O–H groups in total. The van der Waals surface area contributed by atoms with Crippen molar-refractivity contribution in [1.29, 1.82) is 5.26 Å². The van der Waals surface area contributed by atoms with Gasteiger partial charge in [0.15, 0.2) is 5.78 Å². The molecule has 1 unspecified atom stereocenters. The van der Waals surface area contributed by atoms with Crippen LogP contribution in [0.25, 0.3) is 0 Å². The summed E-state index contributed by atoms with van der Waals surface area (Å²) in [6, 6.07) is 18.4. The van der Waals surface area contributed by atoms with E-state index < -0.39 is 0 Å². The maximum Gasteiger partial charge on any atom is 0.188 e. The highest BCUT2D eigenvalue weighted by Gasteiger charge is 2.29. The predicted octanol–water partition coefficient (Wildman–Crippen LogP) is 3.98. The summed E-state index contributed by atoms with van der Waals surface area (Å²) in [4.78, 5) is 21.1. The standard InChI is InChI=1S/C22H18N4O2/c23-12-15-6-8-17(9-7-15)26-22-21-18(24-14-25-22)10-11-20(21)28-13-19(27)16-4-2-1-3-5-16/h1-9,14,20H,10-11,13H2,(H,24,25,26). The Balaban J connectivity index is 1.50. The number of hydrogen-bond acceptors (Lipinski definition) is 6. The first-order chi connectivity index (χ1) is 13.7. The van der Waals surface area contributed by atoms with Gasteiger partial charge >= 0.3 is 0 Å². The van der Waals surface area contributed by atoms with Gasteiger partial charge in [-0.15, -0.1) is 0 Å². The topological polar surface area (TPSA) is 87.9 Å². The predicted molar refractivity (Wildman–Crippen MR) is 104 cm³/mol. The van der Waals surface area contributed by atoms with Crippen LogP contribution in [0, 0.1) is 11.3 Å². The summed E-state index contributed by atoms with van der Waals surface area (Å²) in [5, 5.41) is 12.2. The molecule has 1 aliphatic carbocycles. The number of aryl methyl sites for hydroxylation is 1. The Kier molecular flexibility index (Phi) is 5.09. The van der Waals surface area contributed by atoms with E-state index in [0.717, 1.165) is 29.8 Å². The molecular formula is C22H18N4O2. The van der Waals surface area contributed by atoms with Crippen molar-refractivity contribution in [2.45, 2.75) is 18.9 Å². The molecule has 1 atom stereocenters. The molecule has 0 bridgehead atoms. The molecule has 0 radical (unpaired) electrons. The molecule has 0 aliphatic heterocycles. The summed E-state index contributed by atoms with van der Waals surface area (Å²) < 4.78 is 5.95. The number of nitrogens with zero attached hydrogens (tertiary/aromatic N) is 3. The van der Waals surface area contributed by atoms with Crippen molar-refractivity contribution in [1.82, 2.24) is 9.97 Å². The first-order valence-corrected chi connectivity index (χ1v) is 9.05. The number of ether oxygens (including phenoxy) is 1. The Morgan fingerprint density at radius 1 is 1.14 bits per heavy atom. The van der Waals surface area contributed by atoms with Crippen LogP contribution in [0.5, 0.6) is 0 Å². The number of hydrogen-bond donors (Lipinski definition) is 1. The number of anilines is 2. The number of aromatic nitrogens is 2. The molecule has 0 saturated heterocycles. The van der Waals surface area contributed by atoms with Crippen molar-refractivity contribution >= 4 is 17.3 Å². The molecule has 6 nitrogen and oxygen atoms in total. The van der Waals surface area contributed by atoms with Gasteiger partial charge in [-0.1, -0.05) is 30.3 Å². The molecule has 3 aromatic rings. The van der Waals surface area contributed by atoms with Crippen LogP contribution in [0.1, 0.15) is 39.7 Å². The maximum absolute atomic E-state index is 12.4. The molecule has 0 spiro atoms. The first-order valence-electron chi connectivity index (χ1n) is 9.05. The maximum atomic E-state index is 12.4. The summed E-state index contributed by atoms with van der Waals surface area (Å²) in [5.41, 5.74) is 3.89. The van der Waals surface area contributed by atoms with Crippen LogP contribution in [-0.2, 0) is 11.2 Å². The summed E-state index contributed by atoms with van der Waals surface area (Å²) in [6.45, 7) is 0.0132. The van der Waals surface area contributed by atoms with Gasteiger partial charge in [-0.25, -0.2) is 9.97 Å². The minimum Gasteiger partial charge on any atom is -0.365 e. The zero-order valence-electron chi connectivity index (χ0n) is 15.1. The SMILES string of the molecule is N#Cc1ccc(Nc2ncnc3c2C(OCC(=O)c2ccccc2)CC3)cc1. The van der Waals surface area contributed by atoms with Crippen LogP contribution in [-0.4, -0.2) is 22.4 Å². The summed E-state index contributed by atoms with van der Waals surface area (Å²) in [6.07, 6.45) is 2.84. The number of carbonyl (C=O) groups excluding carboxylic acids is 1. The molecule has 0 saturated carbocycles. The number of Topliss-reactive ketones (excluding diaryl/α,β-unsaturated/α-hetero) is 1. The number of fused-ring (bicyclic) bond motifs is 1. The Morgan fingerprint density at radius 3 is 2.68 bits per heavy atom. The zero-order valence-corrected chi connectivity index (χ0v) is 15.1. The molecule has 4 rings (SSSR count). The molecule has 28 heavy (non-hydrogen) atoms. The molecule has 0 fully saturated rings. The van der Waals surface area contributed by atoms with Crippen molar-refractivity contribution < 1.29 is 9.53 Å². The van der Waals surface area contributed by atoms with Gasteiger partial charge in [0.2, 0.25) is 0 Å². The number of nitriles is 1. The quantitative estimate of drug-likeness (QED) is 0.660. The van der Waals surface area contributed by atoms with Crippen molar-refractivity contribution in [3.8, 4) is 6.07 Å². The minimum atomic E-state index is -0.232. The normalized spacial score (nSPS) is 14.9. The van der Waals surface area contributed by atoms with E-state index in [1.165, 1.54) is 6.33 Å². The van der Waals surface area contributed by atoms with Crippen molar-refractivity contribution in [2.75, 3.05) is 11.9 Å². The van der Waals surface area contributed by atoms with Gasteiger partial charge in [-0.3, -0.25) is 4.79 Å². The summed E-state index contributed by atoms with van der Waals surface area (Å²) in [5.74, 6) is 0.622. The second kappa shape index (κ2) is 7.99. The monoisotopic (exact) mass is 370 g/mol. The molecule has 1 aliphatic rings. The smallest absolute Gasteiger partial charge is 0.188 e. The molecule has 1 heterocycles. The van der Waals surface area contributed by atoms with Crippen LogP contribution in [0.3, 0.4) is 0 Å². The molecule has 0 amide bonds. The van der Waals surface area contributed by atoms with Gasteiger partial charge in [0.25, 0.3) is 0 Å². The lowest BCUT2D eigenvalue weighted by atomic mass is 10.1. The highest BCUT2D eigenvalue weighted by atomic mass is 16.5. The minimum absolute atomic E-state index is 0.0132. The largest absolute Gasteiger partial charge is 0.365 e. The zero-order chi connectivity index (χ0) is 19.3. The lowest BCUT2D eigenvalue weighted by Crippen LogP contribution is -2.13. The Morgan fingerprint density at radius 2 is 1.93 bits per heavy atom. The van der Waals surface area contributed by atoms with E-state index in [-0.39, 0.29) is 18.5 Å². The fraction of sp³-hybridized carbons (Fsp3) is 0.182. The number of carbonyl (C=O) groups is 1. The van der Waals surface area contributed by atoms with E-state index in [0.29, 0.717) is 16.9 Å². The third-order valence-electron chi connectivity index (χ3n) is 4.72. The van der Waals surface area contributed by atoms with Gasteiger partial charge < -0.3 is 10.1 Å². The van der Waals surface area contributed by atoms with E-state index in [1.807, 2.05) is 30.3 Å². The third-order valence-corrected chi connectivity index (χ3v) is 4.72. The lowest BCUT2D eigenvalue weighted by molar-refractivity contribution is 0.0457. The van der Waals surface area contributed by atoms with E-state index in [2.05, 4.69) is 21.4 Å². The second-order valence-electron chi connectivity index (χ2n) is 6.52. The molecule has 2 aromatic carbocycles. The van der Waals surface area contributed by atoms with E-state index in [4.69, 9.17) is 10.00 Å². The molecule has 138 valence electrons. The van der Waals surface area contributed by atoms with Crippen molar-refractivity contribution in [3.05, 3.63) is 83.3 Å². The van der Waals surface area contributed by atoms with Crippen LogP contribution >= 0.6 is 0 Å². The van der Waals surface area contributed by atoms with Gasteiger partial charge in [0, 0.05) is 16.8 Å². The third kappa shape index (κ3) is 3.75. The Bertz CT molecular complexity index is 1030. The number of rotatable bonds is 6. The van der Waals surface area contributed by atoms with Crippen LogP contribution in [0.4, 0.5) is 11.5 Å². The number of benzene rings is 2. The Hall–Kier alpha value is -3.56. The fourth-order valence-electron chi connectivity index (χ4n) is 3.30. The number of ketones is 1. The number of nitrogens with one attached hydrogen (secondary N) is 1. The van der Waals surface area contributed by atoms with E-state index in [1.54, 1.807) is 24.3 Å². The molecule has 6 heteroatoms. The lowest BCUT2D eigenvalue weighted by Gasteiger charge is -2.16. The molecular weight excluding hydrogens is 352 g/mol. The average molecular weight is 370 g/mol.